The average molecular weight is 170 g/mol. The van der Waals surface area contributed by atoms with Crippen LogP contribution in [0.25, 0.3) is 0 Å². The van der Waals surface area contributed by atoms with Crippen molar-refractivity contribution >= 4 is 5.91 Å². The normalized spacial score (nSPS) is 12.7. The Morgan fingerprint density at radius 2 is 2.08 bits per heavy atom. The van der Waals surface area contributed by atoms with E-state index in [1.54, 1.807) is 6.08 Å². The van der Waals surface area contributed by atoms with Crippen LogP contribution in [0.3, 0.4) is 0 Å². The molecule has 0 bridgehead atoms. The Balaban J connectivity index is 3.68. The monoisotopic (exact) mass is 170 g/mol. The predicted octanol–water partition coefficient (Wildman–Crippen LogP) is 0.675. The molecule has 0 spiro atoms. The lowest BCUT2D eigenvalue weighted by Crippen LogP contribution is -2.44. The van der Waals surface area contributed by atoms with E-state index in [1.165, 1.54) is 0 Å². The number of rotatable bonds is 5. The summed E-state index contributed by atoms with van der Waals surface area (Å²) in [5.41, 5.74) is 0. The summed E-state index contributed by atoms with van der Waals surface area (Å²) in [6, 6.07) is 0.194. The molecule has 2 N–H and O–H groups in total. The zero-order chi connectivity index (χ0) is 9.56. The Kier molecular flexibility index (Phi) is 5.37. The molecule has 0 saturated carbocycles. The zero-order valence-corrected chi connectivity index (χ0v) is 8.05. The van der Waals surface area contributed by atoms with Crippen molar-refractivity contribution in [3.8, 4) is 0 Å². The van der Waals surface area contributed by atoms with Crippen molar-refractivity contribution in [2.45, 2.75) is 32.9 Å². The van der Waals surface area contributed by atoms with Crippen molar-refractivity contribution < 1.29 is 4.79 Å². The van der Waals surface area contributed by atoms with E-state index in [2.05, 4.69) is 17.2 Å². The Bertz CT molecular complexity index is 155. The standard InChI is InChI=1S/C9H18N2O/c1-5-6-10-9(12)8(4)11-7(2)3/h5,7-8,11H,1,6H2,2-4H3,(H,10,12). The third-order valence-corrected chi connectivity index (χ3v) is 1.40. The van der Waals surface area contributed by atoms with E-state index in [9.17, 15) is 4.79 Å². The van der Waals surface area contributed by atoms with Gasteiger partial charge in [0.2, 0.25) is 5.91 Å². The van der Waals surface area contributed by atoms with E-state index in [0.29, 0.717) is 12.6 Å². The molecular formula is C9H18N2O. The number of carbonyl (C=O) groups is 1. The van der Waals surface area contributed by atoms with E-state index in [4.69, 9.17) is 0 Å². The lowest BCUT2D eigenvalue weighted by Gasteiger charge is -2.15. The molecule has 70 valence electrons. The van der Waals surface area contributed by atoms with Crippen molar-refractivity contribution in [3.63, 3.8) is 0 Å². The molecule has 0 fully saturated rings. The molecule has 0 aliphatic carbocycles. The van der Waals surface area contributed by atoms with Gasteiger partial charge in [-0.15, -0.1) is 6.58 Å². The topological polar surface area (TPSA) is 41.1 Å². The van der Waals surface area contributed by atoms with Crippen LogP contribution >= 0.6 is 0 Å². The molecule has 3 heteroatoms. The number of nitrogens with one attached hydrogen (secondary N) is 2. The van der Waals surface area contributed by atoms with Crippen LogP contribution in [0.15, 0.2) is 12.7 Å². The summed E-state index contributed by atoms with van der Waals surface area (Å²) in [4.78, 5) is 11.2. The second kappa shape index (κ2) is 5.77. The SMILES string of the molecule is C=CCNC(=O)C(C)NC(C)C. The predicted molar refractivity (Wildman–Crippen MR) is 50.9 cm³/mol. The molecule has 0 rings (SSSR count). The van der Waals surface area contributed by atoms with Gasteiger partial charge in [-0.2, -0.15) is 0 Å². The molecule has 0 saturated heterocycles. The van der Waals surface area contributed by atoms with Crippen LogP contribution in [0.5, 0.6) is 0 Å². The maximum absolute atomic E-state index is 11.2. The fraction of sp³-hybridized carbons (Fsp3) is 0.667. The number of carbonyl (C=O) groups excluding carboxylic acids is 1. The maximum Gasteiger partial charge on any atom is 0.237 e. The lowest BCUT2D eigenvalue weighted by atomic mass is 10.2. The molecule has 0 aliphatic heterocycles. The smallest absolute Gasteiger partial charge is 0.237 e. The second-order valence-electron chi connectivity index (χ2n) is 3.08. The Morgan fingerprint density at radius 3 is 2.50 bits per heavy atom. The average Bonchev–Trinajstić information content (AvgIpc) is 1.98. The highest BCUT2D eigenvalue weighted by atomic mass is 16.2. The second-order valence-corrected chi connectivity index (χ2v) is 3.08. The van der Waals surface area contributed by atoms with E-state index in [-0.39, 0.29) is 11.9 Å². The summed E-state index contributed by atoms with van der Waals surface area (Å²) in [5, 5.41) is 5.82. The van der Waals surface area contributed by atoms with Crippen LogP contribution in [0.4, 0.5) is 0 Å². The first-order chi connectivity index (χ1) is 5.57. The molecular weight excluding hydrogens is 152 g/mol. The highest BCUT2D eigenvalue weighted by Crippen LogP contribution is 1.85. The fourth-order valence-corrected chi connectivity index (χ4v) is 0.902. The summed E-state index contributed by atoms with van der Waals surface area (Å²) in [5.74, 6) is 0.0172. The van der Waals surface area contributed by atoms with Gasteiger partial charge in [0.1, 0.15) is 0 Å². The van der Waals surface area contributed by atoms with Gasteiger partial charge in [0.15, 0.2) is 0 Å². The minimum Gasteiger partial charge on any atom is -0.351 e. The first kappa shape index (κ1) is 11.2. The summed E-state index contributed by atoms with van der Waals surface area (Å²) in [7, 11) is 0. The van der Waals surface area contributed by atoms with Gasteiger partial charge >= 0.3 is 0 Å². The molecule has 1 amide bonds. The lowest BCUT2D eigenvalue weighted by molar-refractivity contribution is -0.122. The Morgan fingerprint density at radius 1 is 1.50 bits per heavy atom. The van der Waals surface area contributed by atoms with Crippen LogP contribution in [-0.2, 0) is 4.79 Å². The fourth-order valence-electron chi connectivity index (χ4n) is 0.902. The van der Waals surface area contributed by atoms with Crippen molar-refractivity contribution in [1.29, 1.82) is 0 Å². The highest BCUT2D eigenvalue weighted by molar-refractivity contribution is 5.81. The number of amides is 1. The molecule has 0 aliphatic rings. The summed E-state index contributed by atoms with van der Waals surface area (Å²) < 4.78 is 0. The van der Waals surface area contributed by atoms with Gasteiger partial charge in [0.25, 0.3) is 0 Å². The Labute approximate surface area is 74.2 Å². The molecule has 0 aromatic carbocycles. The van der Waals surface area contributed by atoms with E-state index in [0.717, 1.165) is 0 Å². The highest BCUT2D eigenvalue weighted by Gasteiger charge is 2.11. The van der Waals surface area contributed by atoms with Crippen LogP contribution < -0.4 is 10.6 Å². The van der Waals surface area contributed by atoms with Gasteiger partial charge in [0.05, 0.1) is 6.04 Å². The van der Waals surface area contributed by atoms with Crippen molar-refractivity contribution in [2.75, 3.05) is 6.54 Å². The van der Waals surface area contributed by atoms with Crippen LogP contribution in [0.2, 0.25) is 0 Å². The first-order valence-corrected chi connectivity index (χ1v) is 4.22. The molecule has 1 atom stereocenters. The summed E-state index contributed by atoms with van der Waals surface area (Å²) in [6.07, 6.45) is 1.67. The summed E-state index contributed by atoms with van der Waals surface area (Å²) in [6.45, 7) is 9.92. The third kappa shape index (κ3) is 4.91. The van der Waals surface area contributed by atoms with Gasteiger partial charge in [0, 0.05) is 12.6 Å². The number of hydrogen-bond donors (Lipinski definition) is 2. The van der Waals surface area contributed by atoms with Crippen molar-refractivity contribution in [2.24, 2.45) is 0 Å². The van der Waals surface area contributed by atoms with E-state index < -0.39 is 0 Å². The van der Waals surface area contributed by atoms with Gasteiger partial charge < -0.3 is 10.6 Å². The Hall–Kier alpha value is -0.830. The van der Waals surface area contributed by atoms with Crippen molar-refractivity contribution in [3.05, 3.63) is 12.7 Å². The van der Waals surface area contributed by atoms with E-state index >= 15 is 0 Å². The van der Waals surface area contributed by atoms with Crippen LogP contribution in [0.1, 0.15) is 20.8 Å². The summed E-state index contributed by atoms with van der Waals surface area (Å²) >= 11 is 0. The quantitative estimate of drug-likeness (QED) is 0.596. The first-order valence-electron chi connectivity index (χ1n) is 4.22. The molecule has 12 heavy (non-hydrogen) atoms. The molecule has 3 nitrogen and oxygen atoms in total. The maximum atomic E-state index is 11.2. The number of hydrogen-bond acceptors (Lipinski definition) is 2. The van der Waals surface area contributed by atoms with Gasteiger partial charge in [-0.3, -0.25) is 4.79 Å². The van der Waals surface area contributed by atoms with Gasteiger partial charge in [-0.1, -0.05) is 19.9 Å². The zero-order valence-electron chi connectivity index (χ0n) is 8.05. The third-order valence-electron chi connectivity index (χ3n) is 1.40. The van der Waals surface area contributed by atoms with Gasteiger partial charge in [-0.25, -0.2) is 0 Å². The molecule has 0 aromatic heterocycles. The van der Waals surface area contributed by atoms with Crippen LogP contribution in [-0.4, -0.2) is 24.5 Å². The molecule has 0 heterocycles. The minimum absolute atomic E-state index is 0.0172. The van der Waals surface area contributed by atoms with E-state index in [1.807, 2.05) is 20.8 Å². The van der Waals surface area contributed by atoms with Gasteiger partial charge in [-0.05, 0) is 6.92 Å². The molecule has 1 unspecified atom stereocenters. The minimum atomic E-state index is -0.134. The molecule has 0 aromatic rings. The molecule has 0 radical (unpaired) electrons. The largest absolute Gasteiger partial charge is 0.351 e. The van der Waals surface area contributed by atoms with Crippen molar-refractivity contribution in [1.82, 2.24) is 10.6 Å². The van der Waals surface area contributed by atoms with Crippen LogP contribution in [0, 0.1) is 0 Å².